The predicted octanol–water partition coefficient (Wildman–Crippen LogP) is 2.55. The smallest absolute Gasteiger partial charge is 0.111 e. The van der Waals surface area contributed by atoms with Crippen molar-refractivity contribution in [2.75, 3.05) is 0 Å². The van der Waals surface area contributed by atoms with E-state index in [0.717, 1.165) is 23.3 Å². The first-order valence-electron chi connectivity index (χ1n) is 5.24. The van der Waals surface area contributed by atoms with Gasteiger partial charge in [0.1, 0.15) is 5.82 Å². The Morgan fingerprint density at radius 2 is 1.94 bits per heavy atom. The summed E-state index contributed by atoms with van der Waals surface area (Å²) in [6.07, 6.45) is 4.39. The number of hydrogen-bond acceptors (Lipinski definition) is 2. The number of fused-ring (bicyclic) bond motifs is 1. The van der Waals surface area contributed by atoms with E-state index in [0.29, 0.717) is 0 Å². The number of nitrogens with one attached hydrogen (secondary N) is 1. The maximum Gasteiger partial charge on any atom is 0.111 e. The van der Waals surface area contributed by atoms with Gasteiger partial charge in [0.2, 0.25) is 0 Å². The fourth-order valence-corrected chi connectivity index (χ4v) is 1.78. The van der Waals surface area contributed by atoms with Crippen LogP contribution in [0.3, 0.4) is 0 Å². The molecule has 1 aromatic carbocycles. The highest BCUT2D eigenvalue weighted by molar-refractivity contribution is 5.73. The molecule has 78 valence electrons. The fourth-order valence-electron chi connectivity index (χ4n) is 1.78. The topological polar surface area (TPSA) is 41.6 Å². The number of hydrogen-bond donors (Lipinski definition) is 1. The number of pyridine rings is 1. The van der Waals surface area contributed by atoms with E-state index in [1.54, 1.807) is 12.4 Å². The van der Waals surface area contributed by atoms with Crippen LogP contribution in [0.1, 0.15) is 11.4 Å². The van der Waals surface area contributed by atoms with Crippen LogP contribution in [0.25, 0.3) is 11.0 Å². The summed E-state index contributed by atoms with van der Waals surface area (Å²) in [5, 5.41) is 0. The Balaban J connectivity index is 1.95. The molecule has 0 unspecified atom stereocenters. The van der Waals surface area contributed by atoms with Crippen LogP contribution in [0.15, 0.2) is 48.8 Å². The lowest BCUT2D eigenvalue weighted by molar-refractivity contribution is 1.04. The van der Waals surface area contributed by atoms with Gasteiger partial charge in [-0.1, -0.05) is 30.3 Å². The maximum atomic E-state index is 4.51. The zero-order chi connectivity index (χ0) is 10.8. The van der Waals surface area contributed by atoms with Crippen molar-refractivity contribution < 1.29 is 0 Å². The van der Waals surface area contributed by atoms with E-state index in [1.165, 1.54) is 5.56 Å². The summed E-state index contributed by atoms with van der Waals surface area (Å²) in [6, 6.07) is 12.2. The summed E-state index contributed by atoms with van der Waals surface area (Å²) in [5.41, 5.74) is 3.23. The summed E-state index contributed by atoms with van der Waals surface area (Å²) in [6.45, 7) is 0. The van der Waals surface area contributed by atoms with Gasteiger partial charge in [-0.25, -0.2) is 4.98 Å². The molecule has 0 bridgehead atoms. The van der Waals surface area contributed by atoms with Crippen molar-refractivity contribution in [1.82, 2.24) is 15.0 Å². The largest absolute Gasteiger partial charge is 0.340 e. The van der Waals surface area contributed by atoms with Crippen molar-refractivity contribution in [3.05, 3.63) is 60.2 Å². The third kappa shape index (κ3) is 1.67. The molecule has 0 aliphatic carbocycles. The van der Waals surface area contributed by atoms with Gasteiger partial charge in [-0.15, -0.1) is 0 Å². The molecule has 2 heterocycles. The van der Waals surface area contributed by atoms with E-state index in [1.807, 2.05) is 24.3 Å². The summed E-state index contributed by atoms with van der Waals surface area (Å²) in [5.74, 6) is 0.981. The lowest BCUT2D eigenvalue weighted by Crippen LogP contribution is -1.89. The van der Waals surface area contributed by atoms with Crippen molar-refractivity contribution in [2.45, 2.75) is 6.42 Å². The number of imidazole rings is 1. The van der Waals surface area contributed by atoms with Crippen LogP contribution in [0.5, 0.6) is 0 Å². The Morgan fingerprint density at radius 3 is 2.75 bits per heavy atom. The van der Waals surface area contributed by atoms with Crippen LogP contribution in [-0.2, 0) is 6.42 Å². The second-order valence-electron chi connectivity index (χ2n) is 3.74. The van der Waals surface area contributed by atoms with Crippen molar-refractivity contribution in [3.63, 3.8) is 0 Å². The quantitative estimate of drug-likeness (QED) is 0.704. The summed E-state index contributed by atoms with van der Waals surface area (Å²) < 4.78 is 0. The fraction of sp³-hybridized carbons (Fsp3) is 0.0769. The number of benzene rings is 1. The van der Waals surface area contributed by atoms with E-state index in [4.69, 9.17) is 0 Å². The molecule has 0 aliphatic rings. The number of aromatic nitrogens is 3. The zero-order valence-corrected chi connectivity index (χ0v) is 8.72. The first-order valence-corrected chi connectivity index (χ1v) is 5.24. The lowest BCUT2D eigenvalue weighted by atomic mass is 10.1. The molecule has 0 saturated carbocycles. The van der Waals surface area contributed by atoms with Crippen LogP contribution >= 0.6 is 0 Å². The molecule has 3 nitrogen and oxygen atoms in total. The molecule has 0 saturated heterocycles. The van der Waals surface area contributed by atoms with Gasteiger partial charge in [0.05, 0.1) is 17.2 Å². The lowest BCUT2D eigenvalue weighted by Gasteiger charge is -1.96. The highest BCUT2D eigenvalue weighted by Crippen LogP contribution is 2.12. The molecule has 1 N–H and O–H groups in total. The van der Waals surface area contributed by atoms with Gasteiger partial charge >= 0.3 is 0 Å². The Morgan fingerprint density at radius 1 is 1.06 bits per heavy atom. The van der Waals surface area contributed by atoms with E-state index >= 15 is 0 Å². The van der Waals surface area contributed by atoms with Crippen molar-refractivity contribution in [1.29, 1.82) is 0 Å². The van der Waals surface area contributed by atoms with E-state index in [2.05, 4.69) is 27.1 Å². The number of rotatable bonds is 2. The molecule has 0 aliphatic heterocycles. The van der Waals surface area contributed by atoms with Gasteiger partial charge in [0.15, 0.2) is 0 Å². The summed E-state index contributed by atoms with van der Waals surface area (Å²) >= 11 is 0. The molecule has 3 aromatic rings. The number of H-pyrrole nitrogens is 1. The van der Waals surface area contributed by atoms with E-state index in [9.17, 15) is 0 Å². The minimum atomic E-state index is 0.829. The third-order valence-electron chi connectivity index (χ3n) is 2.55. The van der Waals surface area contributed by atoms with Gasteiger partial charge in [0, 0.05) is 12.6 Å². The van der Waals surface area contributed by atoms with Gasteiger partial charge in [-0.05, 0) is 11.6 Å². The van der Waals surface area contributed by atoms with E-state index in [-0.39, 0.29) is 0 Å². The normalized spacial score (nSPS) is 10.8. The average molecular weight is 209 g/mol. The summed E-state index contributed by atoms with van der Waals surface area (Å²) in [7, 11) is 0. The Bertz CT molecular complexity index is 566. The van der Waals surface area contributed by atoms with Gasteiger partial charge in [-0.2, -0.15) is 0 Å². The van der Waals surface area contributed by atoms with Crippen molar-refractivity contribution >= 4 is 11.0 Å². The highest BCUT2D eigenvalue weighted by atomic mass is 14.9. The van der Waals surface area contributed by atoms with Gasteiger partial charge in [-0.3, -0.25) is 4.98 Å². The molecule has 16 heavy (non-hydrogen) atoms. The average Bonchev–Trinajstić information content (AvgIpc) is 2.72. The minimum Gasteiger partial charge on any atom is -0.340 e. The Hall–Kier alpha value is -2.16. The molecular formula is C13H11N3. The van der Waals surface area contributed by atoms with Crippen LogP contribution < -0.4 is 0 Å². The number of nitrogens with zero attached hydrogens (tertiary/aromatic N) is 2. The minimum absolute atomic E-state index is 0.829. The third-order valence-corrected chi connectivity index (χ3v) is 2.55. The van der Waals surface area contributed by atoms with Crippen LogP contribution in [0.2, 0.25) is 0 Å². The molecule has 0 fully saturated rings. The molecule has 3 rings (SSSR count). The van der Waals surface area contributed by atoms with Gasteiger partial charge in [0.25, 0.3) is 0 Å². The second kappa shape index (κ2) is 3.77. The predicted molar refractivity (Wildman–Crippen MR) is 63.1 cm³/mol. The SMILES string of the molecule is c1ccc(Cc2nc3ccncc3[nH]2)cc1. The standard InChI is InChI=1S/C13H11N3/c1-2-4-10(5-3-1)8-13-15-11-6-7-14-9-12(11)16-13/h1-7,9H,8H2,(H,15,16). The van der Waals surface area contributed by atoms with Crippen molar-refractivity contribution in [3.8, 4) is 0 Å². The van der Waals surface area contributed by atoms with Crippen LogP contribution in [0, 0.1) is 0 Å². The highest BCUT2D eigenvalue weighted by Gasteiger charge is 2.02. The first-order chi connectivity index (χ1) is 7.92. The van der Waals surface area contributed by atoms with Crippen molar-refractivity contribution in [2.24, 2.45) is 0 Å². The molecule has 0 spiro atoms. The molecule has 3 heteroatoms. The monoisotopic (exact) mass is 209 g/mol. The van der Waals surface area contributed by atoms with Gasteiger partial charge < -0.3 is 4.98 Å². The molecule has 0 radical (unpaired) electrons. The second-order valence-corrected chi connectivity index (χ2v) is 3.74. The molecule has 0 atom stereocenters. The van der Waals surface area contributed by atoms with Crippen LogP contribution in [-0.4, -0.2) is 15.0 Å². The maximum absolute atomic E-state index is 4.51. The molecular weight excluding hydrogens is 198 g/mol. The van der Waals surface area contributed by atoms with Crippen LogP contribution in [0.4, 0.5) is 0 Å². The molecule has 2 aromatic heterocycles. The summed E-state index contributed by atoms with van der Waals surface area (Å²) in [4.78, 5) is 11.8. The zero-order valence-electron chi connectivity index (χ0n) is 8.72. The Kier molecular flexibility index (Phi) is 2.14. The van der Waals surface area contributed by atoms with E-state index < -0.39 is 0 Å². The Labute approximate surface area is 93.2 Å². The molecule has 0 amide bonds. The number of aromatic amines is 1. The first kappa shape index (κ1) is 9.09.